The molecule has 0 aliphatic carbocycles. The molecule has 19 heavy (non-hydrogen) atoms. The van der Waals surface area contributed by atoms with Crippen LogP contribution in [0, 0.1) is 11.3 Å². The van der Waals surface area contributed by atoms with Crippen molar-refractivity contribution in [1.82, 2.24) is 10.2 Å². The van der Waals surface area contributed by atoms with Crippen LogP contribution < -0.4 is 5.32 Å². The first kappa shape index (κ1) is 16.8. The van der Waals surface area contributed by atoms with Gasteiger partial charge in [-0.3, -0.25) is 4.99 Å². The predicted octanol–water partition coefficient (Wildman–Crippen LogP) is 3.07. The molecule has 1 heterocycles. The van der Waals surface area contributed by atoms with E-state index >= 15 is 0 Å². The first-order valence-electron chi connectivity index (χ1n) is 7.32. The van der Waals surface area contributed by atoms with Crippen molar-refractivity contribution in [2.75, 3.05) is 26.4 Å². The summed E-state index contributed by atoms with van der Waals surface area (Å²) < 4.78 is 0. The molecule has 1 rings (SSSR count). The molecule has 0 amide bonds. The van der Waals surface area contributed by atoms with Crippen LogP contribution in [0.25, 0.3) is 0 Å². The van der Waals surface area contributed by atoms with Gasteiger partial charge in [0.15, 0.2) is 5.17 Å². The SMILES string of the molecule is CC(C)C(CN(C)C)NC1=NC(C(C)(C)C)CCS1. The van der Waals surface area contributed by atoms with Gasteiger partial charge >= 0.3 is 0 Å². The maximum Gasteiger partial charge on any atom is 0.157 e. The summed E-state index contributed by atoms with van der Waals surface area (Å²) in [6.45, 7) is 12.5. The average Bonchev–Trinajstić information content (AvgIpc) is 2.26. The van der Waals surface area contributed by atoms with Crippen LogP contribution in [0.15, 0.2) is 4.99 Å². The van der Waals surface area contributed by atoms with Crippen molar-refractivity contribution < 1.29 is 0 Å². The molecule has 2 unspecified atom stereocenters. The summed E-state index contributed by atoms with van der Waals surface area (Å²) >= 11 is 1.88. The third-order valence-corrected chi connectivity index (χ3v) is 4.51. The Labute approximate surface area is 123 Å². The highest BCUT2D eigenvalue weighted by Crippen LogP contribution is 2.30. The summed E-state index contributed by atoms with van der Waals surface area (Å²) in [5.74, 6) is 1.79. The molecule has 1 aliphatic rings. The molecule has 1 aliphatic heterocycles. The van der Waals surface area contributed by atoms with Gasteiger partial charge in [0.25, 0.3) is 0 Å². The molecule has 1 N–H and O–H groups in total. The van der Waals surface area contributed by atoms with Crippen LogP contribution in [0.2, 0.25) is 0 Å². The van der Waals surface area contributed by atoms with E-state index in [4.69, 9.17) is 4.99 Å². The second kappa shape index (κ2) is 6.98. The molecule has 112 valence electrons. The Bertz CT molecular complexity index is 305. The zero-order valence-corrected chi connectivity index (χ0v) is 14.5. The van der Waals surface area contributed by atoms with Gasteiger partial charge < -0.3 is 10.2 Å². The van der Waals surface area contributed by atoms with Gasteiger partial charge in [-0.1, -0.05) is 46.4 Å². The summed E-state index contributed by atoms with van der Waals surface area (Å²) in [6.07, 6.45) is 1.19. The molecule has 0 saturated heterocycles. The van der Waals surface area contributed by atoms with Gasteiger partial charge in [0, 0.05) is 18.3 Å². The van der Waals surface area contributed by atoms with Gasteiger partial charge in [-0.05, 0) is 31.8 Å². The minimum atomic E-state index is 0.267. The first-order valence-corrected chi connectivity index (χ1v) is 8.30. The van der Waals surface area contributed by atoms with E-state index in [1.54, 1.807) is 0 Å². The molecule has 0 aromatic heterocycles. The molecule has 4 heteroatoms. The van der Waals surface area contributed by atoms with Crippen molar-refractivity contribution in [3.8, 4) is 0 Å². The van der Waals surface area contributed by atoms with Crippen molar-refractivity contribution in [2.24, 2.45) is 16.3 Å². The number of nitrogens with zero attached hydrogens (tertiary/aromatic N) is 2. The van der Waals surface area contributed by atoms with Gasteiger partial charge in [0.2, 0.25) is 0 Å². The molecule has 0 spiro atoms. The van der Waals surface area contributed by atoms with E-state index in [1.807, 2.05) is 11.8 Å². The predicted molar refractivity (Wildman–Crippen MR) is 88.1 cm³/mol. The molecular formula is C15H31N3S. The average molecular weight is 286 g/mol. The van der Waals surface area contributed by atoms with Crippen LogP contribution in [0.5, 0.6) is 0 Å². The van der Waals surface area contributed by atoms with Crippen LogP contribution in [-0.2, 0) is 0 Å². The Morgan fingerprint density at radius 3 is 2.47 bits per heavy atom. The summed E-state index contributed by atoms with van der Waals surface area (Å²) in [6, 6.07) is 0.920. The Hall–Kier alpha value is -0.220. The van der Waals surface area contributed by atoms with Gasteiger partial charge in [-0.2, -0.15) is 0 Å². The molecule has 3 nitrogen and oxygen atoms in total. The zero-order chi connectivity index (χ0) is 14.6. The Balaban J connectivity index is 2.70. The highest BCUT2D eigenvalue weighted by molar-refractivity contribution is 8.13. The van der Waals surface area contributed by atoms with E-state index in [9.17, 15) is 0 Å². The van der Waals surface area contributed by atoms with Crippen molar-refractivity contribution >= 4 is 16.9 Å². The lowest BCUT2D eigenvalue weighted by molar-refractivity contribution is 0.305. The van der Waals surface area contributed by atoms with E-state index in [0.717, 1.165) is 11.7 Å². The summed E-state index contributed by atoms with van der Waals surface area (Å²) in [4.78, 5) is 7.18. The molecule has 0 aromatic carbocycles. The van der Waals surface area contributed by atoms with Gasteiger partial charge in [0.1, 0.15) is 0 Å². The Kier molecular flexibility index (Phi) is 6.18. The number of thioether (sulfide) groups is 1. The highest BCUT2D eigenvalue weighted by Gasteiger charge is 2.28. The van der Waals surface area contributed by atoms with E-state index in [2.05, 4.69) is 58.9 Å². The van der Waals surface area contributed by atoms with Crippen molar-refractivity contribution in [1.29, 1.82) is 0 Å². The number of likely N-dealkylation sites (N-methyl/N-ethyl adjacent to an activating group) is 1. The van der Waals surface area contributed by atoms with Crippen LogP contribution in [0.3, 0.4) is 0 Å². The third kappa shape index (κ3) is 5.74. The number of nitrogens with one attached hydrogen (secondary N) is 1. The largest absolute Gasteiger partial charge is 0.361 e. The monoisotopic (exact) mass is 285 g/mol. The zero-order valence-electron chi connectivity index (χ0n) is 13.7. The molecule has 0 aromatic rings. The second-order valence-electron chi connectivity index (χ2n) is 7.21. The fourth-order valence-electron chi connectivity index (χ4n) is 2.19. The van der Waals surface area contributed by atoms with E-state index in [1.165, 1.54) is 12.2 Å². The van der Waals surface area contributed by atoms with Crippen LogP contribution in [0.4, 0.5) is 0 Å². The molecule has 0 saturated carbocycles. The second-order valence-corrected chi connectivity index (χ2v) is 8.29. The molecule has 0 bridgehead atoms. The lowest BCUT2D eigenvalue weighted by atomic mass is 9.85. The van der Waals surface area contributed by atoms with Gasteiger partial charge in [0.05, 0.1) is 6.04 Å². The van der Waals surface area contributed by atoms with Crippen LogP contribution in [-0.4, -0.2) is 48.5 Å². The number of rotatable bonds is 4. The van der Waals surface area contributed by atoms with Gasteiger partial charge in [-0.15, -0.1) is 0 Å². The molecule has 0 fully saturated rings. The third-order valence-electron chi connectivity index (χ3n) is 3.58. The lowest BCUT2D eigenvalue weighted by Gasteiger charge is -2.33. The Morgan fingerprint density at radius 2 is 2.00 bits per heavy atom. The first-order chi connectivity index (χ1) is 8.70. The summed E-state index contributed by atoms with van der Waals surface area (Å²) in [7, 11) is 4.26. The van der Waals surface area contributed by atoms with E-state index < -0.39 is 0 Å². The van der Waals surface area contributed by atoms with E-state index in [-0.39, 0.29) is 5.41 Å². The van der Waals surface area contributed by atoms with Crippen molar-refractivity contribution in [2.45, 2.75) is 53.1 Å². The topological polar surface area (TPSA) is 27.6 Å². The van der Waals surface area contributed by atoms with Crippen LogP contribution in [0.1, 0.15) is 41.0 Å². The number of aliphatic imine (C=N–C) groups is 1. The standard InChI is InChI=1S/C15H31N3S/c1-11(2)12(10-18(6)7)16-14-17-13(8-9-19-14)15(3,4)5/h11-13H,8-10H2,1-7H3,(H,16,17). The number of hydrogen-bond acceptors (Lipinski definition) is 4. The fourth-order valence-corrected chi connectivity index (χ4v) is 3.16. The lowest BCUT2D eigenvalue weighted by Crippen LogP contribution is -2.45. The molecular weight excluding hydrogens is 254 g/mol. The number of hydrogen-bond donors (Lipinski definition) is 1. The Morgan fingerprint density at radius 1 is 1.37 bits per heavy atom. The maximum absolute atomic E-state index is 4.93. The molecule has 2 atom stereocenters. The maximum atomic E-state index is 4.93. The van der Waals surface area contributed by atoms with E-state index in [0.29, 0.717) is 18.0 Å². The minimum Gasteiger partial charge on any atom is -0.361 e. The van der Waals surface area contributed by atoms with Crippen LogP contribution >= 0.6 is 11.8 Å². The molecule has 0 radical (unpaired) electrons. The number of amidine groups is 1. The van der Waals surface area contributed by atoms with Gasteiger partial charge in [-0.25, -0.2) is 0 Å². The minimum absolute atomic E-state index is 0.267. The highest BCUT2D eigenvalue weighted by atomic mass is 32.2. The fraction of sp³-hybridized carbons (Fsp3) is 0.933. The summed E-state index contributed by atoms with van der Waals surface area (Å²) in [5, 5.41) is 4.81. The quantitative estimate of drug-likeness (QED) is 0.860. The van der Waals surface area contributed by atoms with Crippen molar-refractivity contribution in [3.63, 3.8) is 0 Å². The smallest absolute Gasteiger partial charge is 0.157 e. The summed E-state index contributed by atoms with van der Waals surface area (Å²) in [5.41, 5.74) is 0.267. The normalized spacial score (nSPS) is 22.6. The van der Waals surface area contributed by atoms with Crippen molar-refractivity contribution in [3.05, 3.63) is 0 Å².